The Balaban J connectivity index is 2.19. The van der Waals surface area contributed by atoms with Gasteiger partial charge in [-0.2, -0.15) is 0 Å². The van der Waals surface area contributed by atoms with E-state index in [9.17, 15) is 4.79 Å². The van der Waals surface area contributed by atoms with Crippen LogP contribution in [0.1, 0.15) is 33.1 Å². The first-order valence-electron chi connectivity index (χ1n) is 6.71. The molecule has 1 heterocycles. The highest BCUT2D eigenvalue weighted by atomic mass is 32.2. The van der Waals surface area contributed by atoms with Gasteiger partial charge >= 0.3 is 5.97 Å². The molecule has 0 bridgehead atoms. The Kier molecular flexibility index (Phi) is 4.68. The number of carbonyl (C=O) groups is 1. The number of thioether (sulfide) groups is 1. The quantitative estimate of drug-likeness (QED) is 0.735. The molecule has 1 aromatic rings. The van der Waals surface area contributed by atoms with Crippen molar-refractivity contribution in [2.24, 2.45) is 0 Å². The first kappa shape index (κ1) is 14.2. The molecule has 106 valence electrons. The highest BCUT2D eigenvalue weighted by molar-refractivity contribution is 7.99. The van der Waals surface area contributed by atoms with E-state index in [1.165, 1.54) is 24.6 Å². The third kappa shape index (κ3) is 3.40. The van der Waals surface area contributed by atoms with Crippen LogP contribution in [0.5, 0.6) is 0 Å². The normalized spacial score (nSPS) is 14.6. The van der Waals surface area contributed by atoms with Crippen LogP contribution in [0.2, 0.25) is 0 Å². The lowest BCUT2D eigenvalue weighted by molar-refractivity contribution is -0.133. The van der Waals surface area contributed by atoms with Crippen LogP contribution < -0.4 is 4.90 Å². The molecule has 0 unspecified atom stereocenters. The number of aromatic nitrogens is 3. The van der Waals surface area contributed by atoms with Crippen LogP contribution in [0, 0.1) is 0 Å². The summed E-state index contributed by atoms with van der Waals surface area (Å²) in [5.74, 6) is 0.0871. The summed E-state index contributed by atoms with van der Waals surface area (Å²) in [5, 5.41) is 17.9. The maximum atomic E-state index is 10.7. The van der Waals surface area contributed by atoms with Crippen molar-refractivity contribution >= 4 is 23.7 Å². The van der Waals surface area contributed by atoms with Gasteiger partial charge in [0.2, 0.25) is 5.95 Å². The van der Waals surface area contributed by atoms with Crippen LogP contribution in [-0.2, 0) is 11.3 Å². The number of hydrogen-bond donors (Lipinski definition) is 1. The molecule has 0 aromatic carbocycles. The Morgan fingerprint density at radius 1 is 1.47 bits per heavy atom. The molecule has 0 saturated heterocycles. The fraction of sp³-hybridized carbons (Fsp3) is 0.750. The van der Waals surface area contributed by atoms with Gasteiger partial charge in [0.05, 0.1) is 5.75 Å². The summed E-state index contributed by atoms with van der Waals surface area (Å²) in [6.45, 7) is 5.96. The van der Waals surface area contributed by atoms with E-state index >= 15 is 0 Å². The van der Waals surface area contributed by atoms with Crippen molar-refractivity contribution < 1.29 is 9.90 Å². The standard InChI is InChI=1S/C12H20N4O2S/c1-3-7-16-11(15(4-2)9-5-6-9)13-14-12(16)19-8-10(17)18/h9H,3-8H2,1-2H3,(H,17,18). The number of anilines is 1. The van der Waals surface area contributed by atoms with Crippen LogP contribution in [0.3, 0.4) is 0 Å². The van der Waals surface area contributed by atoms with Crippen LogP contribution >= 0.6 is 11.8 Å². The van der Waals surface area contributed by atoms with Gasteiger partial charge in [-0.25, -0.2) is 0 Å². The van der Waals surface area contributed by atoms with E-state index in [0.29, 0.717) is 11.2 Å². The van der Waals surface area contributed by atoms with Crippen molar-refractivity contribution in [3.05, 3.63) is 0 Å². The minimum atomic E-state index is -0.827. The van der Waals surface area contributed by atoms with Gasteiger partial charge < -0.3 is 10.0 Å². The second-order valence-electron chi connectivity index (χ2n) is 4.63. The largest absolute Gasteiger partial charge is 0.481 e. The monoisotopic (exact) mass is 284 g/mol. The third-order valence-electron chi connectivity index (χ3n) is 3.05. The molecule has 0 spiro atoms. The van der Waals surface area contributed by atoms with Crippen molar-refractivity contribution in [1.29, 1.82) is 0 Å². The number of hydrogen-bond acceptors (Lipinski definition) is 5. The molecule has 0 amide bonds. The van der Waals surface area contributed by atoms with E-state index in [-0.39, 0.29) is 5.75 Å². The van der Waals surface area contributed by atoms with Crippen LogP contribution in [0.4, 0.5) is 5.95 Å². The Bertz CT molecular complexity index is 445. The van der Waals surface area contributed by atoms with Crippen molar-refractivity contribution in [2.75, 3.05) is 17.2 Å². The zero-order chi connectivity index (χ0) is 13.8. The Morgan fingerprint density at radius 2 is 2.21 bits per heavy atom. The molecule has 1 N–H and O–H groups in total. The molecule has 1 aromatic heterocycles. The molecule has 19 heavy (non-hydrogen) atoms. The van der Waals surface area contributed by atoms with E-state index in [1.54, 1.807) is 0 Å². The topological polar surface area (TPSA) is 71.2 Å². The SMILES string of the molecule is CCCn1c(SCC(=O)O)nnc1N(CC)C1CC1. The minimum Gasteiger partial charge on any atom is -0.481 e. The summed E-state index contributed by atoms with van der Waals surface area (Å²) in [5.41, 5.74) is 0. The van der Waals surface area contributed by atoms with Gasteiger partial charge in [0.1, 0.15) is 0 Å². The number of carboxylic acid groups (broad SMARTS) is 1. The van der Waals surface area contributed by atoms with Gasteiger partial charge in [0.25, 0.3) is 0 Å². The van der Waals surface area contributed by atoms with E-state index in [0.717, 1.165) is 25.5 Å². The van der Waals surface area contributed by atoms with Gasteiger partial charge in [0.15, 0.2) is 5.16 Å². The first-order valence-corrected chi connectivity index (χ1v) is 7.70. The average Bonchev–Trinajstić information content (AvgIpc) is 3.13. The summed E-state index contributed by atoms with van der Waals surface area (Å²) in [6, 6.07) is 0.585. The highest BCUT2D eigenvalue weighted by Gasteiger charge is 2.31. The lowest BCUT2D eigenvalue weighted by atomic mass is 10.4. The molecule has 7 heteroatoms. The predicted octanol–water partition coefficient (Wildman–Crippen LogP) is 1.85. The summed E-state index contributed by atoms with van der Waals surface area (Å²) in [4.78, 5) is 12.9. The minimum absolute atomic E-state index is 0.0252. The van der Waals surface area contributed by atoms with Gasteiger partial charge in [-0.15, -0.1) is 10.2 Å². The Hall–Kier alpha value is -1.24. The molecule has 0 aliphatic heterocycles. The molecule has 0 radical (unpaired) electrons. The fourth-order valence-electron chi connectivity index (χ4n) is 2.09. The van der Waals surface area contributed by atoms with E-state index in [4.69, 9.17) is 5.11 Å². The number of carboxylic acids is 1. The molecular formula is C12H20N4O2S. The molecule has 1 saturated carbocycles. The zero-order valence-electron chi connectivity index (χ0n) is 11.4. The summed E-state index contributed by atoms with van der Waals surface area (Å²) in [6.07, 6.45) is 3.41. The average molecular weight is 284 g/mol. The van der Waals surface area contributed by atoms with Gasteiger partial charge in [-0.05, 0) is 26.2 Å². The van der Waals surface area contributed by atoms with Gasteiger partial charge in [0, 0.05) is 19.1 Å². The number of nitrogens with zero attached hydrogens (tertiary/aromatic N) is 4. The lowest BCUT2D eigenvalue weighted by Gasteiger charge is -2.22. The van der Waals surface area contributed by atoms with Crippen molar-refractivity contribution in [1.82, 2.24) is 14.8 Å². The summed E-state index contributed by atoms with van der Waals surface area (Å²) < 4.78 is 2.05. The Morgan fingerprint density at radius 3 is 2.74 bits per heavy atom. The summed E-state index contributed by atoms with van der Waals surface area (Å²) >= 11 is 1.24. The van der Waals surface area contributed by atoms with Crippen molar-refractivity contribution in [3.63, 3.8) is 0 Å². The van der Waals surface area contributed by atoms with E-state index in [1.807, 2.05) is 0 Å². The lowest BCUT2D eigenvalue weighted by Crippen LogP contribution is -2.28. The molecule has 0 atom stereocenters. The van der Waals surface area contributed by atoms with E-state index < -0.39 is 5.97 Å². The zero-order valence-corrected chi connectivity index (χ0v) is 12.2. The first-order chi connectivity index (χ1) is 9.17. The molecule has 1 aliphatic carbocycles. The summed E-state index contributed by atoms with van der Waals surface area (Å²) in [7, 11) is 0. The maximum Gasteiger partial charge on any atom is 0.313 e. The highest BCUT2D eigenvalue weighted by Crippen LogP contribution is 2.32. The van der Waals surface area contributed by atoms with E-state index in [2.05, 4.69) is 33.5 Å². The second-order valence-corrected chi connectivity index (χ2v) is 5.58. The van der Waals surface area contributed by atoms with Crippen LogP contribution in [0.25, 0.3) is 0 Å². The third-order valence-corrected chi connectivity index (χ3v) is 4.01. The molecule has 6 nitrogen and oxygen atoms in total. The number of aliphatic carboxylic acids is 1. The molecular weight excluding hydrogens is 264 g/mol. The molecule has 1 fully saturated rings. The van der Waals surface area contributed by atoms with Gasteiger partial charge in [-0.3, -0.25) is 9.36 Å². The van der Waals surface area contributed by atoms with Crippen molar-refractivity contribution in [2.45, 2.75) is 50.9 Å². The fourth-order valence-corrected chi connectivity index (χ4v) is 2.77. The Labute approximate surface area is 117 Å². The van der Waals surface area contributed by atoms with Crippen molar-refractivity contribution in [3.8, 4) is 0 Å². The number of rotatable bonds is 8. The second kappa shape index (κ2) is 6.27. The smallest absolute Gasteiger partial charge is 0.313 e. The maximum absolute atomic E-state index is 10.7. The molecule has 2 rings (SSSR count). The predicted molar refractivity (Wildman–Crippen MR) is 74.7 cm³/mol. The van der Waals surface area contributed by atoms with Gasteiger partial charge in [-0.1, -0.05) is 18.7 Å². The molecule has 1 aliphatic rings. The van der Waals surface area contributed by atoms with Crippen LogP contribution in [-0.4, -0.2) is 44.2 Å². The van der Waals surface area contributed by atoms with Crippen LogP contribution in [0.15, 0.2) is 5.16 Å².